The lowest BCUT2D eigenvalue weighted by Gasteiger charge is -2.20. The number of aryl methyl sites for hydroxylation is 2. The first-order valence-electron chi connectivity index (χ1n) is 9.90. The molecule has 136 valence electrons. The summed E-state index contributed by atoms with van der Waals surface area (Å²) in [5.41, 5.74) is 11.6. The highest BCUT2D eigenvalue weighted by molar-refractivity contribution is 6.13. The second kappa shape index (κ2) is 5.97. The van der Waals surface area contributed by atoms with Crippen LogP contribution in [-0.2, 0) is 19.5 Å². The molecule has 0 N–H and O–H groups in total. The van der Waals surface area contributed by atoms with Crippen LogP contribution < -0.4 is 0 Å². The first kappa shape index (κ1) is 16.6. The predicted octanol–water partition coefficient (Wildman–Crippen LogP) is 5.76. The van der Waals surface area contributed by atoms with Crippen LogP contribution in [0.2, 0.25) is 0 Å². The Labute approximate surface area is 161 Å². The van der Waals surface area contributed by atoms with Crippen LogP contribution in [0, 0.1) is 6.92 Å². The average molecular weight is 354 g/mol. The van der Waals surface area contributed by atoms with E-state index in [2.05, 4.69) is 85.9 Å². The second-order valence-electron chi connectivity index (χ2n) is 8.01. The van der Waals surface area contributed by atoms with E-state index in [0.29, 0.717) is 0 Å². The molecule has 1 aromatic heterocycles. The smallest absolute Gasteiger partial charge is 0.0536 e. The molecule has 2 heteroatoms. The fourth-order valence-electron chi connectivity index (χ4n) is 5.08. The van der Waals surface area contributed by atoms with Crippen LogP contribution in [0.4, 0.5) is 0 Å². The second-order valence-corrected chi connectivity index (χ2v) is 8.01. The van der Waals surface area contributed by atoms with Crippen LogP contribution in [0.25, 0.3) is 32.9 Å². The third-order valence-corrected chi connectivity index (χ3v) is 6.13. The summed E-state index contributed by atoms with van der Waals surface area (Å²) in [5.74, 6) is 0. The number of aromatic nitrogens is 1. The molecule has 4 aromatic rings. The molecule has 0 spiro atoms. The third kappa shape index (κ3) is 2.23. The zero-order valence-corrected chi connectivity index (χ0v) is 16.6. The summed E-state index contributed by atoms with van der Waals surface area (Å²) in [6, 6.07) is 17.9. The van der Waals surface area contributed by atoms with Crippen molar-refractivity contribution in [1.82, 2.24) is 9.47 Å². The standard InChI is InChI=1S/C25H26N2/c1-5-27-22-13-9-8-12-19(22)23-16(2)21(15-26(3)4)24-18-11-7-6-10-17(18)14-20(24)25(23)27/h6-13H,5,14-15H2,1-4H3. The third-order valence-electron chi connectivity index (χ3n) is 6.13. The lowest BCUT2D eigenvalue weighted by atomic mass is 9.91. The van der Waals surface area contributed by atoms with Gasteiger partial charge in [-0.25, -0.2) is 0 Å². The van der Waals surface area contributed by atoms with Crippen molar-refractivity contribution in [1.29, 1.82) is 0 Å². The first-order chi connectivity index (χ1) is 13.1. The fourth-order valence-corrected chi connectivity index (χ4v) is 5.08. The normalized spacial score (nSPS) is 12.9. The van der Waals surface area contributed by atoms with Gasteiger partial charge in [0.05, 0.1) is 5.52 Å². The summed E-state index contributed by atoms with van der Waals surface area (Å²) >= 11 is 0. The summed E-state index contributed by atoms with van der Waals surface area (Å²) in [4.78, 5) is 2.30. The maximum atomic E-state index is 2.53. The van der Waals surface area contributed by atoms with Gasteiger partial charge in [0.1, 0.15) is 0 Å². The van der Waals surface area contributed by atoms with Crippen molar-refractivity contribution >= 4 is 21.8 Å². The molecule has 27 heavy (non-hydrogen) atoms. The zero-order valence-electron chi connectivity index (χ0n) is 16.6. The number of benzene rings is 3. The van der Waals surface area contributed by atoms with E-state index in [1.165, 1.54) is 55.2 Å². The van der Waals surface area contributed by atoms with Crippen LogP contribution in [0.1, 0.15) is 29.2 Å². The molecule has 5 rings (SSSR count). The van der Waals surface area contributed by atoms with Crippen molar-refractivity contribution in [2.24, 2.45) is 0 Å². The van der Waals surface area contributed by atoms with Gasteiger partial charge in [0.2, 0.25) is 0 Å². The van der Waals surface area contributed by atoms with Crippen molar-refractivity contribution in [3.63, 3.8) is 0 Å². The van der Waals surface area contributed by atoms with E-state index in [-0.39, 0.29) is 0 Å². The number of para-hydroxylation sites is 1. The molecule has 0 radical (unpaired) electrons. The molecule has 1 aliphatic rings. The van der Waals surface area contributed by atoms with Gasteiger partial charge in [-0.1, -0.05) is 42.5 Å². The largest absolute Gasteiger partial charge is 0.340 e. The molecule has 0 saturated heterocycles. The monoisotopic (exact) mass is 354 g/mol. The molecule has 3 aromatic carbocycles. The highest BCUT2D eigenvalue weighted by atomic mass is 15.0. The van der Waals surface area contributed by atoms with E-state index >= 15 is 0 Å². The van der Waals surface area contributed by atoms with Crippen molar-refractivity contribution < 1.29 is 0 Å². The Hall–Kier alpha value is -2.58. The van der Waals surface area contributed by atoms with E-state index in [0.717, 1.165) is 19.5 Å². The minimum absolute atomic E-state index is 0.976. The summed E-state index contributed by atoms with van der Waals surface area (Å²) in [6.45, 7) is 6.57. The Kier molecular flexibility index (Phi) is 3.66. The maximum absolute atomic E-state index is 2.53. The van der Waals surface area contributed by atoms with Crippen LogP contribution in [0.3, 0.4) is 0 Å². The molecule has 0 fully saturated rings. The van der Waals surface area contributed by atoms with E-state index < -0.39 is 0 Å². The van der Waals surface area contributed by atoms with Crippen LogP contribution in [-0.4, -0.2) is 23.6 Å². The van der Waals surface area contributed by atoms with Gasteiger partial charge < -0.3 is 9.47 Å². The van der Waals surface area contributed by atoms with Gasteiger partial charge in [0.15, 0.2) is 0 Å². The summed E-state index contributed by atoms with van der Waals surface area (Å²) in [6.07, 6.45) is 1.04. The van der Waals surface area contributed by atoms with Gasteiger partial charge in [0, 0.05) is 35.8 Å². The van der Waals surface area contributed by atoms with Crippen molar-refractivity contribution in [2.45, 2.75) is 33.4 Å². The Balaban J connectivity index is 2.01. The van der Waals surface area contributed by atoms with Gasteiger partial charge in [-0.05, 0) is 67.4 Å². The van der Waals surface area contributed by atoms with E-state index in [1.54, 1.807) is 0 Å². The molecule has 0 aliphatic heterocycles. The van der Waals surface area contributed by atoms with Crippen LogP contribution in [0.5, 0.6) is 0 Å². The number of nitrogens with zero attached hydrogens (tertiary/aromatic N) is 2. The Morgan fingerprint density at radius 2 is 1.74 bits per heavy atom. The quantitative estimate of drug-likeness (QED) is 0.400. The lowest BCUT2D eigenvalue weighted by Crippen LogP contribution is -2.13. The average Bonchev–Trinajstić information content (AvgIpc) is 3.20. The molecule has 0 amide bonds. The maximum Gasteiger partial charge on any atom is 0.0536 e. The lowest BCUT2D eigenvalue weighted by molar-refractivity contribution is 0.402. The number of fused-ring (bicyclic) bond motifs is 7. The Morgan fingerprint density at radius 3 is 2.52 bits per heavy atom. The van der Waals surface area contributed by atoms with Gasteiger partial charge in [-0.15, -0.1) is 0 Å². The summed E-state index contributed by atoms with van der Waals surface area (Å²) in [7, 11) is 4.35. The molecule has 0 bridgehead atoms. The van der Waals surface area contributed by atoms with Gasteiger partial charge in [-0.2, -0.15) is 0 Å². The highest BCUT2D eigenvalue weighted by Gasteiger charge is 2.28. The van der Waals surface area contributed by atoms with Gasteiger partial charge in [0.25, 0.3) is 0 Å². The topological polar surface area (TPSA) is 8.17 Å². The number of hydrogen-bond donors (Lipinski definition) is 0. The van der Waals surface area contributed by atoms with Gasteiger partial charge >= 0.3 is 0 Å². The van der Waals surface area contributed by atoms with Crippen molar-refractivity contribution in [3.05, 3.63) is 70.8 Å². The van der Waals surface area contributed by atoms with Gasteiger partial charge in [-0.3, -0.25) is 0 Å². The molecule has 0 saturated carbocycles. The summed E-state index contributed by atoms with van der Waals surface area (Å²) < 4.78 is 2.53. The van der Waals surface area contributed by atoms with Crippen LogP contribution >= 0.6 is 0 Å². The molecule has 1 heterocycles. The van der Waals surface area contributed by atoms with Crippen LogP contribution in [0.15, 0.2) is 48.5 Å². The molecular formula is C25H26N2. The first-order valence-corrected chi connectivity index (χ1v) is 9.90. The molecule has 2 nitrogen and oxygen atoms in total. The molecule has 0 unspecified atom stereocenters. The Bertz CT molecular complexity index is 1190. The fraction of sp³-hybridized carbons (Fsp3) is 0.280. The number of hydrogen-bond acceptors (Lipinski definition) is 1. The highest BCUT2D eigenvalue weighted by Crippen LogP contribution is 2.47. The molecule has 1 aliphatic carbocycles. The minimum atomic E-state index is 0.976. The molecule has 0 atom stereocenters. The Morgan fingerprint density at radius 1 is 1.00 bits per heavy atom. The predicted molar refractivity (Wildman–Crippen MR) is 115 cm³/mol. The zero-order chi connectivity index (χ0) is 18.7. The van der Waals surface area contributed by atoms with Crippen molar-refractivity contribution in [3.8, 4) is 11.1 Å². The van der Waals surface area contributed by atoms with E-state index in [1.807, 2.05) is 0 Å². The molecular weight excluding hydrogens is 328 g/mol. The minimum Gasteiger partial charge on any atom is -0.340 e. The summed E-state index contributed by atoms with van der Waals surface area (Å²) in [5, 5.41) is 2.85. The van der Waals surface area contributed by atoms with Crippen molar-refractivity contribution in [2.75, 3.05) is 14.1 Å². The SMILES string of the molecule is CCn1c2ccccc2c2c(C)c(CN(C)C)c3c(c21)Cc1ccccc1-3. The van der Waals surface area contributed by atoms with E-state index in [9.17, 15) is 0 Å². The van der Waals surface area contributed by atoms with E-state index in [4.69, 9.17) is 0 Å². The number of rotatable bonds is 3.